The van der Waals surface area contributed by atoms with Gasteiger partial charge in [0.1, 0.15) is 0 Å². The molecule has 1 N–H and O–H groups in total. The molecule has 0 atom stereocenters. The topological polar surface area (TPSA) is 29.9 Å². The van der Waals surface area contributed by atoms with Crippen LogP contribution in [-0.4, -0.2) is 22.4 Å². The zero-order valence-electron chi connectivity index (χ0n) is 11.7. The number of hydrogen-bond donors (Lipinski definition) is 1. The summed E-state index contributed by atoms with van der Waals surface area (Å²) < 4.78 is 2.11. The van der Waals surface area contributed by atoms with Crippen molar-refractivity contribution in [2.24, 2.45) is 0 Å². The second-order valence-electron chi connectivity index (χ2n) is 6.21. The molecule has 1 aromatic heterocycles. The Morgan fingerprint density at radius 1 is 1.41 bits per heavy atom. The quantitative estimate of drug-likeness (QED) is 0.873. The summed E-state index contributed by atoms with van der Waals surface area (Å²) in [5, 5.41) is 8.16. The normalized spacial score (nSPS) is 24.8. The highest BCUT2D eigenvalue weighted by atomic mass is 15.3. The molecule has 17 heavy (non-hydrogen) atoms. The lowest BCUT2D eigenvalue weighted by Gasteiger charge is -2.35. The molecule has 1 aliphatic rings. The van der Waals surface area contributed by atoms with Crippen LogP contribution in [0.25, 0.3) is 0 Å². The molecule has 3 heteroatoms. The SMILES string of the molecule is CCNC1CC(c2cn(C(C)(C)C)nc2C)C1. The van der Waals surface area contributed by atoms with Crippen molar-refractivity contribution in [3.63, 3.8) is 0 Å². The molecule has 0 spiro atoms. The summed E-state index contributed by atoms with van der Waals surface area (Å²) in [6.45, 7) is 12.0. The van der Waals surface area contributed by atoms with Crippen LogP contribution in [0, 0.1) is 6.92 Å². The number of aromatic nitrogens is 2. The minimum Gasteiger partial charge on any atom is -0.314 e. The van der Waals surface area contributed by atoms with E-state index < -0.39 is 0 Å². The summed E-state index contributed by atoms with van der Waals surface area (Å²) in [4.78, 5) is 0. The van der Waals surface area contributed by atoms with Crippen molar-refractivity contribution < 1.29 is 0 Å². The van der Waals surface area contributed by atoms with Crippen LogP contribution in [0.3, 0.4) is 0 Å². The maximum absolute atomic E-state index is 4.65. The van der Waals surface area contributed by atoms with Crippen molar-refractivity contribution in [3.8, 4) is 0 Å². The fourth-order valence-corrected chi connectivity index (χ4v) is 2.54. The van der Waals surface area contributed by atoms with Gasteiger partial charge in [-0.25, -0.2) is 0 Å². The molecule has 1 heterocycles. The molecule has 3 nitrogen and oxygen atoms in total. The van der Waals surface area contributed by atoms with E-state index in [1.165, 1.54) is 24.1 Å². The van der Waals surface area contributed by atoms with Gasteiger partial charge < -0.3 is 5.32 Å². The van der Waals surface area contributed by atoms with Gasteiger partial charge >= 0.3 is 0 Å². The van der Waals surface area contributed by atoms with E-state index in [2.05, 4.69) is 55.9 Å². The minimum atomic E-state index is 0.0911. The van der Waals surface area contributed by atoms with E-state index in [-0.39, 0.29) is 5.54 Å². The molecule has 96 valence electrons. The largest absolute Gasteiger partial charge is 0.314 e. The Morgan fingerprint density at radius 2 is 2.06 bits per heavy atom. The van der Waals surface area contributed by atoms with Gasteiger partial charge in [0, 0.05) is 12.2 Å². The lowest BCUT2D eigenvalue weighted by Crippen LogP contribution is -2.39. The van der Waals surface area contributed by atoms with Gasteiger partial charge in [-0.2, -0.15) is 5.10 Å². The maximum Gasteiger partial charge on any atom is 0.0628 e. The molecule has 0 aromatic carbocycles. The van der Waals surface area contributed by atoms with Gasteiger partial charge in [0.25, 0.3) is 0 Å². The zero-order chi connectivity index (χ0) is 12.6. The molecule has 0 unspecified atom stereocenters. The van der Waals surface area contributed by atoms with Gasteiger partial charge in [-0.3, -0.25) is 4.68 Å². The fourth-order valence-electron chi connectivity index (χ4n) is 2.54. The molecule has 1 saturated carbocycles. The monoisotopic (exact) mass is 235 g/mol. The van der Waals surface area contributed by atoms with E-state index in [0.717, 1.165) is 18.5 Å². The van der Waals surface area contributed by atoms with E-state index in [4.69, 9.17) is 0 Å². The van der Waals surface area contributed by atoms with Gasteiger partial charge in [0.05, 0.1) is 11.2 Å². The lowest BCUT2D eigenvalue weighted by atomic mass is 9.76. The van der Waals surface area contributed by atoms with Crippen LogP contribution >= 0.6 is 0 Å². The number of nitrogens with zero attached hydrogens (tertiary/aromatic N) is 2. The Kier molecular flexibility index (Phi) is 3.30. The van der Waals surface area contributed by atoms with Crippen molar-refractivity contribution in [2.45, 2.75) is 65.0 Å². The molecular formula is C14H25N3. The average molecular weight is 235 g/mol. The summed E-state index contributed by atoms with van der Waals surface area (Å²) >= 11 is 0. The first-order valence-corrected chi connectivity index (χ1v) is 6.72. The number of nitrogens with one attached hydrogen (secondary N) is 1. The Labute approximate surface area is 105 Å². The van der Waals surface area contributed by atoms with Gasteiger partial charge in [0.2, 0.25) is 0 Å². The van der Waals surface area contributed by atoms with Crippen molar-refractivity contribution in [1.29, 1.82) is 0 Å². The Morgan fingerprint density at radius 3 is 2.53 bits per heavy atom. The summed E-state index contributed by atoms with van der Waals surface area (Å²) in [5.41, 5.74) is 2.75. The third-order valence-electron chi connectivity index (χ3n) is 3.69. The molecule has 1 aromatic rings. The van der Waals surface area contributed by atoms with Crippen LogP contribution in [0.5, 0.6) is 0 Å². The third kappa shape index (κ3) is 2.54. The van der Waals surface area contributed by atoms with E-state index in [9.17, 15) is 0 Å². The van der Waals surface area contributed by atoms with Crippen molar-refractivity contribution >= 4 is 0 Å². The van der Waals surface area contributed by atoms with Crippen molar-refractivity contribution in [2.75, 3.05) is 6.54 Å². The summed E-state index contributed by atoms with van der Waals surface area (Å²) in [6.07, 6.45) is 4.79. The second-order valence-corrected chi connectivity index (χ2v) is 6.21. The zero-order valence-corrected chi connectivity index (χ0v) is 11.7. The number of aryl methyl sites for hydroxylation is 1. The van der Waals surface area contributed by atoms with E-state index in [0.29, 0.717) is 0 Å². The van der Waals surface area contributed by atoms with E-state index in [1.807, 2.05) is 0 Å². The number of hydrogen-bond acceptors (Lipinski definition) is 2. The van der Waals surface area contributed by atoms with Crippen LogP contribution in [-0.2, 0) is 5.54 Å². The van der Waals surface area contributed by atoms with Crippen molar-refractivity contribution in [1.82, 2.24) is 15.1 Å². The standard InChI is InChI=1S/C14H25N3/c1-6-15-12-7-11(8-12)13-9-17(14(3,4)5)16-10(13)2/h9,11-12,15H,6-8H2,1-5H3. The Hall–Kier alpha value is -0.830. The fraction of sp³-hybridized carbons (Fsp3) is 0.786. The molecule has 0 bridgehead atoms. The predicted octanol–water partition coefficient (Wildman–Crippen LogP) is 2.80. The average Bonchev–Trinajstić information content (AvgIpc) is 2.52. The molecule has 1 fully saturated rings. The summed E-state index contributed by atoms with van der Waals surface area (Å²) in [5.74, 6) is 0.718. The molecule has 1 aliphatic carbocycles. The third-order valence-corrected chi connectivity index (χ3v) is 3.69. The first-order valence-electron chi connectivity index (χ1n) is 6.72. The highest BCUT2D eigenvalue weighted by molar-refractivity contribution is 5.24. The van der Waals surface area contributed by atoms with Gasteiger partial charge in [-0.05, 0) is 58.6 Å². The lowest BCUT2D eigenvalue weighted by molar-refractivity contribution is 0.294. The van der Waals surface area contributed by atoms with Crippen LogP contribution in [0.2, 0.25) is 0 Å². The second kappa shape index (κ2) is 4.45. The number of rotatable bonds is 3. The van der Waals surface area contributed by atoms with Crippen LogP contribution < -0.4 is 5.32 Å². The van der Waals surface area contributed by atoms with Gasteiger partial charge in [-0.15, -0.1) is 0 Å². The summed E-state index contributed by atoms with van der Waals surface area (Å²) in [6, 6.07) is 0.724. The van der Waals surface area contributed by atoms with E-state index in [1.54, 1.807) is 0 Å². The highest BCUT2D eigenvalue weighted by Gasteiger charge is 2.32. The van der Waals surface area contributed by atoms with Gasteiger partial charge in [0.15, 0.2) is 0 Å². The Bertz CT molecular complexity index is 381. The predicted molar refractivity (Wildman–Crippen MR) is 71.4 cm³/mol. The molecule has 0 aliphatic heterocycles. The maximum atomic E-state index is 4.65. The van der Waals surface area contributed by atoms with Crippen molar-refractivity contribution in [3.05, 3.63) is 17.5 Å². The smallest absolute Gasteiger partial charge is 0.0628 e. The molecule has 0 saturated heterocycles. The van der Waals surface area contributed by atoms with Crippen LogP contribution in [0.1, 0.15) is 57.7 Å². The molecule has 0 radical (unpaired) electrons. The molecular weight excluding hydrogens is 210 g/mol. The Balaban J connectivity index is 2.06. The summed E-state index contributed by atoms with van der Waals surface area (Å²) in [7, 11) is 0. The van der Waals surface area contributed by atoms with Crippen LogP contribution in [0.4, 0.5) is 0 Å². The van der Waals surface area contributed by atoms with E-state index >= 15 is 0 Å². The molecule has 2 rings (SSSR count). The molecule has 0 amide bonds. The minimum absolute atomic E-state index is 0.0911. The first kappa shape index (κ1) is 12.6. The van der Waals surface area contributed by atoms with Crippen LogP contribution in [0.15, 0.2) is 6.20 Å². The van der Waals surface area contributed by atoms with Gasteiger partial charge in [-0.1, -0.05) is 6.92 Å². The highest BCUT2D eigenvalue weighted by Crippen LogP contribution is 2.38. The first-order chi connectivity index (χ1) is 7.91.